The zero-order valence-electron chi connectivity index (χ0n) is 10.9. The lowest BCUT2D eigenvalue weighted by atomic mass is 10.2. The fraction of sp³-hybridized carbons (Fsp3) is 0.182. The van der Waals surface area contributed by atoms with Crippen LogP contribution < -0.4 is 0 Å². The van der Waals surface area contributed by atoms with Gasteiger partial charge in [-0.15, -0.1) is 10.2 Å². The minimum absolute atomic E-state index is 0.0675. The SMILES string of the molecule is COC(=O)c1cc(Sc2nncn2C)c([N+](=O)[O-])cc1F. The van der Waals surface area contributed by atoms with Crippen LogP contribution in [0.2, 0.25) is 0 Å². The van der Waals surface area contributed by atoms with Gasteiger partial charge in [0.1, 0.15) is 12.1 Å². The number of hydrogen-bond donors (Lipinski definition) is 0. The van der Waals surface area contributed by atoms with Gasteiger partial charge in [-0.25, -0.2) is 9.18 Å². The highest BCUT2D eigenvalue weighted by atomic mass is 32.2. The van der Waals surface area contributed by atoms with Crippen LogP contribution in [0.3, 0.4) is 0 Å². The first-order chi connectivity index (χ1) is 9.93. The van der Waals surface area contributed by atoms with Crippen LogP contribution in [0.15, 0.2) is 28.5 Å². The number of benzene rings is 1. The molecule has 110 valence electrons. The van der Waals surface area contributed by atoms with Crippen molar-refractivity contribution in [3.05, 3.63) is 40.0 Å². The van der Waals surface area contributed by atoms with Crippen molar-refractivity contribution in [1.29, 1.82) is 0 Å². The molecule has 0 aliphatic rings. The van der Waals surface area contributed by atoms with Crippen LogP contribution in [-0.2, 0) is 11.8 Å². The molecular formula is C11H9FN4O4S. The monoisotopic (exact) mass is 312 g/mol. The van der Waals surface area contributed by atoms with E-state index in [1.54, 1.807) is 7.05 Å². The number of esters is 1. The summed E-state index contributed by atoms with van der Waals surface area (Å²) >= 11 is 0.900. The summed E-state index contributed by atoms with van der Waals surface area (Å²) in [5.74, 6) is -1.93. The molecule has 0 fully saturated rings. The quantitative estimate of drug-likeness (QED) is 0.482. The maximum Gasteiger partial charge on any atom is 0.340 e. The van der Waals surface area contributed by atoms with E-state index >= 15 is 0 Å². The minimum Gasteiger partial charge on any atom is -0.465 e. The van der Waals surface area contributed by atoms with Crippen LogP contribution in [0, 0.1) is 15.9 Å². The number of hydrogen-bond acceptors (Lipinski definition) is 7. The number of aryl methyl sites for hydroxylation is 1. The molecule has 1 aromatic carbocycles. The van der Waals surface area contributed by atoms with Crippen LogP contribution in [0.5, 0.6) is 0 Å². The molecule has 0 unspecified atom stereocenters. The minimum atomic E-state index is -1.02. The summed E-state index contributed by atoms with van der Waals surface area (Å²) in [5.41, 5.74) is -0.846. The third-order valence-electron chi connectivity index (χ3n) is 2.52. The Labute approximate surface area is 122 Å². The lowest BCUT2D eigenvalue weighted by molar-refractivity contribution is -0.387. The van der Waals surface area contributed by atoms with Gasteiger partial charge in [-0.2, -0.15) is 0 Å². The van der Waals surface area contributed by atoms with Crippen molar-refractivity contribution in [3.8, 4) is 0 Å². The van der Waals surface area contributed by atoms with Crippen molar-refractivity contribution in [2.45, 2.75) is 10.1 Å². The third kappa shape index (κ3) is 2.99. The molecule has 0 spiro atoms. The Kier molecular flexibility index (Phi) is 4.17. The van der Waals surface area contributed by atoms with Gasteiger partial charge in [0.25, 0.3) is 5.69 Å². The normalized spacial score (nSPS) is 10.4. The number of carbonyl (C=O) groups is 1. The molecule has 0 saturated carbocycles. The number of rotatable bonds is 4. The number of ether oxygens (including phenoxy) is 1. The Morgan fingerprint density at radius 2 is 2.24 bits per heavy atom. The molecule has 2 rings (SSSR count). The topological polar surface area (TPSA) is 100 Å². The number of halogens is 1. The second-order valence-electron chi connectivity index (χ2n) is 3.87. The van der Waals surface area contributed by atoms with E-state index in [-0.39, 0.29) is 10.5 Å². The number of carbonyl (C=O) groups excluding carboxylic acids is 1. The van der Waals surface area contributed by atoms with E-state index in [4.69, 9.17) is 0 Å². The van der Waals surface area contributed by atoms with Crippen molar-refractivity contribution in [3.63, 3.8) is 0 Å². The molecule has 0 radical (unpaired) electrons. The first kappa shape index (κ1) is 14.9. The number of aromatic nitrogens is 3. The van der Waals surface area contributed by atoms with E-state index in [1.165, 1.54) is 10.9 Å². The van der Waals surface area contributed by atoms with Crippen molar-refractivity contribution < 1.29 is 18.8 Å². The smallest absolute Gasteiger partial charge is 0.340 e. The summed E-state index contributed by atoms with van der Waals surface area (Å²) in [6, 6.07) is 1.75. The van der Waals surface area contributed by atoms with Gasteiger partial charge in [-0.3, -0.25) is 10.1 Å². The average Bonchev–Trinajstić information content (AvgIpc) is 2.84. The number of nitro benzene ring substituents is 1. The largest absolute Gasteiger partial charge is 0.465 e. The zero-order valence-corrected chi connectivity index (χ0v) is 11.8. The van der Waals surface area contributed by atoms with Gasteiger partial charge < -0.3 is 9.30 Å². The predicted octanol–water partition coefficient (Wildman–Crippen LogP) is 1.80. The maximum absolute atomic E-state index is 13.7. The summed E-state index contributed by atoms with van der Waals surface area (Å²) < 4.78 is 19.7. The predicted molar refractivity (Wildman–Crippen MR) is 69.5 cm³/mol. The summed E-state index contributed by atoms with van der Waals surface area (Å²) in [5, 5.41) is 18.8. The Hall–Kier alpha value is -2.49. The first-order valence-electron chi connectivity index (χ1n) is 5.52. The Balaban J connectivity index is 2.53. The van der Waals surface area contributed by atoms with Crippen LogP contribution in [0.4, 0.5) is 10.1 Å². The van der Waals surface area contributed by atoms with E-state index in [0.29, 0.717) is 11.2 Å². The fourth-order valence-electron chi connectivity index (χ4n) is 1.50. The van der Waals surface area contributed by atoms with Crippen molar-refractivity contribution >= 4 is 23.4 Å². The summed E-state index contributed by atoms with van der Waals surface area (Å²) in [7, 11) is 2.75. The van der Waals surface area contributed by atoms with Gasteiger partial charge >= 0.3 is 5.97 Å². The molecule has 0 bridgehead atoms. The average molecular weight is 312 g/mol. The maximum atomic E-state index is 13.7. The lowest BCUT2D eigenvalue weighted by Gasteiger charge is -2.06. The van der Waals surface area contributed by atoms with Crippen LogP contribution in [0.1, 0.15) is 10.4 Å². The first-order valence-corrected chi connectivity index (χ1v) is 6.33. The Morgan fingerprint density at radius 1 is 1.52 bits per heavy atom. The molecule has 1 aromatic heterocycles. The summed E-state index contributed by atoms with van der Waals surface area (Å²) in [6.07, 6.45) is 1.42. The molecule has 21 heavy (non-hydrogen) atoms. The van der Waals surface area contributed by atoms with E-state index in [2.05, 4.69) is 14.9 Å². The molecule has 2 aromatic rings. The second kappa shape index (κ2) is 5.87. The number of nitrogens with zero attached hydrogens (tertiary/aromatic N) is 4. The second-order valence-corrected chi connectivity index (χ2v) is 4.88. The van der Waals surface area contributed by atoms with Crippen molar-refractivity contribution in [2.75, 3.05) is 7.11 Å². The zero-order chi connectivity index (χ0) is 15.6. The van der Waals surface area contributed by atoms with Crippen LogP contribution in [0.25, 0.3) is 0 Å². The molecular weight excluding hydrogens is 303 g/mol. The van der Waals surface area contributed by atoms with Crippen molar-refractivity contribution in [2.24, 2.45) is 7.05 Å². The van der Waals surface area contributed by atoms with Gasteiger partial charge in [-0.05, 0) is 17.8 Å². The van der Waals surface area contributed by atoms with E-state index in [1.807, 2.05) is 0 Å². The highest BCUT2D eigenvalue weighted by Gasteiger charge is 2.24. The summed E-state index contributed by atoms with van der Waals surface area (Å²) in [4.78, 5) is 21.8. The molecule has 10 heteroatoms. The van der Waals surface area contributed by atoms with Gasteiger partial charge in [-0.1, -0.05) is 0 Å². The third-order valence-corrected chi connectivity index (χ3v) is 3.62. The highest BCUT2D eigenvalue weighted by Crippen LogP contribution is 2.35. The molecule has 0 atom stereocenters. The number of methoxy groups -OCH3 is 1. The van der Waals surface area contributed by atoms with E-state index < -0.39 is 22.4 Å². The Bertz CT molecular complexity index is 718. The Morgan fingerprint density at radius 3 is 2.76 bits per heavy atom. The molecule has 0 aliphatic heterocycles. The molecule has 8 nitrogen and oxygen atoms in total. The van der Waals surface area contributed by atoms with Crippen molar-refractivity contribution in [1.82, 2.24) is 14.8 Å². The van der Waals surface area contributed by atoms with Crippen LogP contribution in [-0.4, -0.2) is 32.8 Å². The van der Waals surface area contributed by atoms with Gasteiger partial charge in [0.05, 0.1) is 28.6 Å². The molecule has 0 N–H and O–H groups in total. The molecule has 0 amide bonds. The van der Waals surface area contributed by atoms with E-state index in [9.17, 15) is 19.3 Å². The molecule has 1 heterocycles. The number of nitro groups is 1. The lowest BCUT2D eigenvalue weighted by Crippen LogP contribution is -2.06. The van der Waals surface area contributed by atoms with Gasteiger partial charge in [0, 0.05) is 7.05 Å². The van der Waals surface area contributed by atoms with E-state index in [0.717, 1.165) is 24.9 Å². The van der Waals surface area contributed by atoms with Gasteiger partial charge in [0.15, 0.2) is 5.16 Å². The summed E-state index contributed by atoms with van der Waals surface area (Å²) in [6.45, 7) is 0. The van der Waals surface area contributed by atoms with Crippen LogP contribution >= 0.6 is 11.8 Å². The van der Waals surface area contributed by atoms with Gasteiger partial charge in [0.2, 0.25) is 0 Å². The molecule has 0 saturated heterocycles. The molecule has 0 aliphatic carbocycles. The standard InChI is InChI=1S/C11H9FN4O4S/c1-15-5-13-14-11(15)21-9-3-6(10(17)20-2)7(12)4-8(9)16(18)19/h3-5H,1-2H3. The fourth-order valence-corrected chi connectivity index (χ4v) is 2.39. The highest BCUT2D eigenvalue weighted by molar-refractivity contribution is 7.99.